The Bertz CT molecular complexity index is 164. The topological polar surface area (TPSA) is 24.1 Å². The molecular weight excluding hydrogens is 224 g/mol. The first-order chi connectivity index (χ1) is 7.45. The average Bonchev–Trinajstić information content (AvgIpc) is 2.56. The Morgan fingerprint density at radius 1 is 1.20 bits per heavy atom. The third kappa shape index (κ3) is 4.55. The lowest BCUT2D eigenvalue weighted by Gasteiger charge is -2.24. The fourth-order valence-electron chi connectivity index (χ4n) is 2.18. The van der Waals surface area contributed by atoms with Crippen LogP contribution in [0.25, 0.3) is 0 Å². The highest BCUT2D eigenvalue weighted by Crippen LogP contribution is 2.23. The van der Waals surface area contributed by atoms with E-state index in [1.165, 1.54) is 56.2 Å². The first-order valence-corrected chi connectivity index (χ1v) is 8.29. The lowest BCUT2D eigenvalue weighted by Crippen LogP contribution is -2.37. The summed E-state index contributed by atoms with van der Waals surface area (Å²) in [6.45, 7) is 3.64. The van der Waals surface area contributed by atoms with Crippen molar-refractivity contribution < 1.29 is 0 Å². The Kier molecular flexibility index (Phi) is 5.68. The van der Waals surface area contributed by atoms with E-state index < -0.39 is 0 Å². The van der Waals surface area contributed by atoms with Gasteiger partial charge >= 0.3 is 0 Å². The first kappa shape index (κ1) is 12.1. The van der Waals surface area contributed by atoms with Crippen molar-refractivity contribution in [3.63, 3.8) is 0 Å². The van der Waals surface area contributed by atoms with Gasteiger partial charge in [0.25, 0.3) is 0 Å². The SMILES string of the molecule is C1CNCCC(NCC2CSCCS2)C1. The van der Waals surface area contributed by atoms with Crippen molar-refractivity contribution in [2.24, 2.45) is 0 Å². The Hall–Kier alpha value is 0.620. The lowest BCUT2D eigenvalue weighted by atomic mass is 10.1. The van der Waals surface area contributed by atoms with Crippen molar-refractivity contribution in [2.45, 2.75) is 30.6 Å². The van der Waals surface area contributed by atoms with E-state index in [4.69, 9.17) is 0 Å². The van der Waals surface area contributed by atoms with Crippen LogP contribution in [0.3, 0.4) is 0 Å². The normalized spacial score (nSPS) is 33.6. The highest BCUT2D eigenvalue weighted by atomic mass is 32.2. The van der Waals surface area contributed by atoms with Crippen LogP contribution in [0.15, 0.2) is 0 Å². The zero-order chi connectivity index (χ0) is 10.3. The van der Waals surface area contributed by atoms with Crippen molar-refractivity contribution >= 4 is 23.5 Å². The van der Waals surface area contributed by atoms with Crippen molar-refractivity contribution in [1.29, 1.82) is 0 Å². The summed E-state index contributed by atoms with van der Waals surface area (Å²) in [7, 11) is 0. The minimum atomic E-state index is 0.771. The van der Waals surface area contributed by atoms with Gasteiger partial charge in [0.2, 0.25) is 0 Å². The Balaban J connectivity index is 1.62. The molecule has 2 aliphatic heterocycles. The Labute approximate surface area is 102 Å². The highest BCUT2D eigenvalue weighted by molar-refractivity contribution is 8.06. The second-order valence-electron chi connectivity index (χ2n) is 4.35. The molecule has 2 aliphatic rings. The molecule has 0 spiro atoms. The van der Waals surface area contributed by atoms with E-state index in [-0.39, 0.29) is 0 Å². The molecule has 2 unspecified atom stereocenters. The van der Waals surface area contributed by atoms with Gasteiger partial charge in [-0.05, 0) is 32.4 Å². The van der Waals surface area contributed by atoms with Gasteiger partial charge in [-0.15, -0.1) is 0 Å². The minimum absolute atomic E-state index is 0.771. The fourth-order valence-corrected chi connectivity index (χ4v) is 4.80. The molecule has 2 fully saturated rings. The second-order valence-corrected chi connectivity index (χ2v) is 6.91. The number of hydrogen-bond donors (Lipinski definition) is 2. The monoisotopic (exact) mass is 246 g/mol. The summed E-state index contributed by atoms with van der Waals surface area (Å²) in [6, 6.07) is 0.771. The standard InChI is InChI=1S/C11H22N2S2/c1-2-10(3-5-12-4-1)13-8-11-9-14-6-7-15-11/h10-13H,1-9H2. The maximum Gasteiger partial charge on any atom is 0.0263 e. The van der Waals surface area contributed by atoms with Crippen LogP contribution < -0.4 is 10.6 Å². The summed E-state index contributed by atoms with van der Waals surface area (Å²) in [5, 5.41) is 8.08. The molecule has 2 N–H and O–H groups in total. The molecule has 0 radical (unpaired) electrons. The van der Waals surface area contributed by atoms with Crippen LogP contribution in [0.4, 0.5) is 0 Å². The van der Waals surface area contributed by atoms with E-state index in [2.05, 4.69) is 34.2 Å². The van der Waals surface area contributed by atoms with Crippen LogP contribution in [-0.2, 0) is 0 Å². The highest BCUT2D eigenvalue weighted by Gasteiger charge is 2.17. The average molecular weight is 246 g/mol. The number of rotatable bonds is 3. The van der Waals surface area contributed by atoms with Crippen LogP contribution >= 0.6 is 23.5 Å². The summed E-state index contributed by atoms with van der Waals surface area (Å²) >= 11 is 4.28. The van der Waals surface area contributed by atoms with Gasteiger partial charge in [0, 0.05) is 35.1 Å². The molecule has 2 heterocycles. The summed E-state index contributed by atoms with van der Waals surface area (Å²) in [5.74, 6) is 4.06. The van der Waals surface area contributed by atoms with Gasteiger partial charge in [0.1, 0.15) is 0 Å². The van der Waals surface area contributed by atoms with Crippen molar-refractivity contribution in [3.05, 3.63) is 0 Å². The van der Waals surface area contributed by atoms with Crippen LogP contribution in [0.5, 0.6) is 0 Å². The summed E-state index contributed by atoms with van der Waals surface area (Å²) < 4.78 is 0. The van der Waals surface area contributed by atoms with Gasteiger partial charge in [-0.2, -0.15) is 23.5 Å². The van der Waals surface area contributed by atoms with Crippen molar-refractivity contribution in [3.8, 4) is 0 Å². The zero-order valence-corrected chi connectivity index (χ0v) is 11.0. The molecule has 2 rings (SSSR count). The second kappa shape index (κ2) is 7.05. The lowest BCUT2D eigenvalue weighted by molar-refractivity contribution is 0.473. The minimum Gasteiger partial charge on any atom is -0.317 e. The number of thioether (sulfide) groups is 2. The molecule has 4 heteroatoms. The molecule has 0 saturated carbocycles. The summed E-state index contributed by atoms with van der Waals surface area (Å²) in [6.07, 6.45) is 4.01. The van der Waals surface area contributed by atoms with Crippen LogP contribution in [0, 0.1) is 0 Å². The number of hydrogen-bond acceptors (Lipinski definition) is 4. The predicted octanol–water partition coefficient (Wildman–Crippen LogP) is 1.57. The van der Waals surface area contributed by atoms with Gasteiger partial charge in [-0.25, -0.2) is 0 Å². The van der Waals surface area contributed by atoms with Crippen LogP contribution in [0.2, 0.25) is 0 Å². The molecule has 0 aromatic carbocycles. The van der Waals surface area contributed by atoms with Crippen LogP contribution in [0.1, 0.15) is 19.3 Å². The zero-order valence-electron chi connectivity index (χ0n) is 9.34. The molecule has 0 bridgehead atoms. The van der Waals surface area contributed by atoms with Gasteiger partial charge in [0.05, 0.1) is 0 Å². The first-order valence-electron chi connectivity index (χ1n) is 6.08. The maximum atomic E-state index is 3.76. The quantitative estimate of drug-likeness (QED) is 0.789. The molecule has 2 saturated heterocycles. The summed E-state index contributed by atoms with van der Waals surface area (Å²) in [5.41, 5.74) is 0. The van der Waals surface area contributed by atoms with Gasteiger partial charge in [-0.3, -0.25) is 0 Å². The Morgan fingerprint density at radius 3 is 3.07 bits per heavy atom. The van der Waals surface area contributed by atoms with Gasteiger partial charge in [0.15, 0.2) is 0 Å². The van der Waals surface area contributed by atoms with E-state index in [1.54, 1.807) is 0 Å². The van der Waals surface area contributed by atoms with Crippen molar-refractivity contribution in [2.75, 3.05) is 36.9 Å². The van der Waals surface area contributed by atoms with Gasteiger partial charge < -0.3 is 10.6 Å². The smallest absolute Gasteiger partial charge is 0.0263 e. The van der Waals surface area contributed by atoms with E-state index in [0.717, 1.165) is 11.3 Å². The largest absolute Gasteiger partial charge is 0.317 e. The fraction of sp³-hybridized carbons (Fsp3) is 1.00. The molecule has 0 amide bonds. The van der Waals surface area contributed by atoms with E-state index in [1.807, 2.05) is 0 Å². The molecule has 2 nitrogen and oxygen atoms in total. The van der Waals surface area contributed by atoms with Gasteiger partial charge in [-0.1, -0.05) is 0 Å². The molecule has 0 aliphatic carbocycles. The molecule has 88 valence electrons. The molecule has 0 aromatic heterocycles. The third-order valence-electron chi connectivity index (χ3n) is 3.09. The Morgan fingerprint density at radius 2 is 2.20 bits per heavy atom. The van der Waals surface area contributed by atoms with E-state index >= 15 is 0 Å². The number of nitrogens with one attached hydrogen (secondary N) is 2. The molecular formula is C11H22N2S2. The van der Waals surface area contributed by atoms with E-state index in [0.29, 0.717) is 0 Å². The van der Waals surface area contributed by atoms with E-state index in [9.17, 15) is 0 Å². The van der Waals surface area contributed by atoms with Crippen LogP contribution in [-0.4, -0.2) is 48.2 Å². The maximum absolute atomic E-state index is 3.76. The summed E-state index contributed by atoms with van der Waals surface area (Å²) in [4.78, 5) is 0. The van der Waals surface area contributed by atoms with Crippen molar-refractivity contribution in [1.82, 2.24) is 10.6 Å². The molecule has 2 atom stereocenters. The predicted molar refractivity (Wildman–Crippen MR) is 72.1 cm³/mol. The third-order valence-corrected chi connectivity index (χ3v) is 5.94. The molecule has 0 aromatic rings. The molecule has 15 heavy (non-hydrogen) atoms.